The lowest BCUT2D eigenvalue weighted by molar-refractivity contribution is 0.145. The van der Waals surface area contributed by atoms with Crippen LogP contribution in [-0.4, -0.2) is 76.9 Å². The number of anilines is 3. The van der Waals surface area contributed by atoms with Gasteiger partial charge in [0.1, 0.15) is 18.0 Å². The standard InChI is InChI=1S/C25H26N10O3S/c1-33-16-28-22(32-33)5-2-17-13-27-24(12-21(17)34-10-7-19(36)8-11-34)30-23-6-9-26-25(31-23)18-14-29-35(15-18)39(37,38)20-3-4-20/h6,9,12-16,19-20,36H,3-4,7-8,10-11H2,1H3,(H,26,27,30,31). The number of hydrogen-bond acceptors (Lipinski definition) is 11. The van der Waals surface area contributed by atoms with Gasteiger partial charge in [0.25, 0.3) is 10.0 Å². The van der Waals surface area contributed by atoms with E-state index >= 15 is 0 Å². The fourth-order valence-electron chi connectivity index (χ4n) is 4.27. The second-order valence-corrected chi connectivity index (χ2v) is 11.6. The second-order valence-electron chi connectivity index (χ2n) is 9.53. The van der Waals surface area contributed by atoms with E-state index in [9.17, 15) is 13.5 Å². The molecule has 200 valence electrons. The van der Waals surface area contributed by atoms with Crippen molar-refractivity contribution < 1.29 is 13.5 Å². The molecule has 0 spiro atoms. The minimum Gasteiger partial charge on any atom is -0.393 e. The Morgan fingerprint density at radius 1 is 1.05 bits per heavy atom. The monoisotopic (exact) mass is 546 g/mol. The molecule has 6 rings (SSSR count). The summed E-state index contributed by atoms with van der Waals surface area (Å²) >= 11 is 0. The van der Waals surface area contributed by atoms with Gasteiger partial charge in [0.15, 0.2) is 5.82 Å². The van der Waals surface area contributed by atoms with Crippen molar-refractivity contribution in [1.29, 1.82) is 0 Å². The van der Waals surface area contributed by atoms with Gasteiger partial charge in [-0.15, -0.1) is 5.10 Å². The van der Waals surface area contributed by atoms with Crippen molar-refractivity contribution in [3.63, 3.8) is 0 Å². The Hall–Kier alpha value is -4.35. The quantitative estimate of drug-likeness (QED) is 0.336. The largest absolute Gasteiger partial charge is 0.393 e. The highest BCUT2D eigenvalue weighted by Crippen LogP contribution is 2.31. The summed E-state index contributed by atoms with van der Waals surface area (Å²) in [5.41, 5.74) is 2.10. The van der Waals surface area contributed by atoms with Crippen LogP contribution in [0.5, 0.6) is 0 Å². The molecule has 1 aliphatic heterocycles. The third kappa shape index (κ3) is 5.45. The van der Waals surface area contributed by atoms with Crippen LogP contribution in [-0.2, 0) is 17.1 Å². The number of aliphatic hydroxyl groups excluding tert-OH is 1. The van der Waals surface area contributed by atoms with Crippen molar-refractivity contribution in [1.82, 2.24) is 38.9 Å². The molecule has 1 aliphatic carbocycles. The fourth-order valence-corrected chi connectivity index (χ4v) is 5.75. The first kappa shape index (κ1) is 25.0. The van der Waals surface area contributed by atoms with Crippen LogP contribution in [0.4, 0.5) is 17.3 Å². The summed E-state index contributed by atoms with van der Waals surface area (Å²) in [6, 6.07) is 3.60. The Morgan fingerprint density at radius 3 is 2.62 bits per heavy atom. The Morgan fingerprint density at radius 2 is 1.87 bits per heavy atom. The van der Waals surface area contributed by atoms with Crippen molar-refractivity contribution >= 4 is 27.3 Å². The van der Waals surface area contributed by atoms with Crippen LogP contribution < -0.4 is 10.2 Å². The van der Waals surface area contributed by atoms with Gasteiger partial charge < -0.3 is 15.3 Å². The molecule has 0 aromatic carbocycles. The summed E-state index contributed by atoms with van der Waals surface area (Å²) < 4.78 is 27.6. The molecule has 14 heteroatoms. The molecule has 39 heavy (non-hydrogen) atoms. The molecular formula is C25H26N10O3S. The minimum atomic E-state index is -3.47. The Balaban J connectivity index is 1.27. The van der Waals surface area contributed by atoms with Gasteiger partial charge in [0.2, 0.25) is 5.82 Å². The Labute approximate surface area is 225 Å². The fraction of sp³-hybridized carbons (Fsp3) is 0.360. The zero-order valence-electron chi connectivity index (χ0n) is 21.1. The van der Waals surface area contributed by atoms with E-state index in [0.717, 1.165) is 15.3 Å². The lowest BCUT2D eigenvalue weighted by Crippen LogP contribution is -2.36. The molecule has 4 aromatic heterocycles. The van der Waals surface area contributed by atoms with E-state index in [-0.39, 0.29) is 11.4 Å². The molecule has 0 bridgehead atoms. The SMILES string of the molecule is Cn1cnc(C#Cc2cnc(Nc3ccnc(-c4cnn(S(=O)(=O)C5CC5)c4)n3)cc2N2CCC(O)CC2)n1. The average Bonchev–Trinajstić information content (AvgIpc) is 3.53. The molecule has 0 radical (unpaired) electrons. The van der Waals surface area contributed by atoms with E-state index in [2.05, 4.69) is 52.2 Å². The molecule has 1 saturated heterocycles. The number of piperidine rings is 1. The molecular weight excluding hydrogens is 520 g/mol. The molecule has 2 N–H and O–H groups in total. The Bertz CT molecular complexity index is 1680. The van der Waals surface area contributed by atoms with Crippen LogP contribution in [0.1, 0.15) is 37.1 Å². The number of nitrogens with one attached hydrogen (secondary N) is 1. The maximum atomic E-state index is 12.5. The van der Waals surface area contributed by atoms with Crippen LogP contribution in [0.2, 0.25) is 0 Å². The van der Waals surface area contributed by atoms with Crippen LogP contribution in [0.25, 0.3) is 11.4 Å². The number of aryl methyl sites for hydroxylation is 1. The first-order chi connectivity index (χ1) is 18.8. The molecule has 2 fully saturated rings. The molecule has 1 saturated carbocycles. The van der Waals surface area contributed by atoms with Crippen molar-refractivity contribution in [2.45, 2.75) is 37.0 Å². The Kier molecular flexibility index (Phi) is 6.45. The number of hydrogen-bond donors (Lipinski definition) is 2. The number of rotatable bonds is 6. The topological polar surface area (TPSA) is 157 Å². The highest BCUT2D eigenvalue weighted by Gasteiger charge is 2.37. The van der Waals surface area contributed by atoms with Crippen molar-refractivity contribution in [2.24, 2.45) is 7.05 Å². The molecule has 0 atom stereocenters. The highest BCUT2D eigenvalue weighted by molar-refractivity contribution is 7.90. The number of aliphatic hydroxyl groups is 1. The summed E-state index contributed by atoms with van der Waals surface area (Å²) in [6.45, 7) is 1.37. The lowest BCUT2D eigenvalue weighted by Gasteiger charge is -2.32. The molecule has 4 aromatic rings. The van der Waals surface area contributed by atoms with Gasteiger partial charge in [-0.2, -0.15) is 9.19 Å². The van der Waals surface area contributed by atoms with Gasteiger partial charge in [0.05, 0.1) is 40.6 Å². The third-order valence-electron chi connectivity index (χ3n) is 6.53. The normalized spacial score (nSPS) is 16.1. The number of aromatic nitrogens is 8. The zero-order chi connectivity index (χ0) is 27.0. The molecule has 5 heterocycles. The van der Waals surface area contributed by atoms with Crippen LogP contribution >= 0.6 is 0 Å². The van der Waals surface area contributed by atoms with E-state index in [4.69, 9.17) is 0 Å². The number of nitrogens with zero attached hydrogens (tertiary/aromatic N) is 9. The predicted molar refractivity (Wildman–Crippen MR) is 143 cm³/mol. The van der Waals surface area contributed by atoms with Crippen molar-refractivity contribution in [2.75, 3.05) is 23.3 Å². The summed E-state index contributed by atoms with van der Waals surface area (Å²) in [4.78, 5) is 19.7. The first-order valence-corrected chi connectivity index (χ1v) is 14.1. The third-order valence-corrected chi connectivity index (χ3v) is 8.57. The molecule has 0 unspecified atom stereocenters. The first-order valence-electron chi connectivity index (χ1n) is 12.6. The molecule has 13 nitrogen and oxygen atoms in total. The van der Waals surface area contributed by atoms with Gasteiger partial charge in [-0.3, -0.25) is 4.68 Å². The van der Waals surface area contributed by atoms with E-state index in [1.807, 2.05) is 6.07 Å². The smallest absolute Gasteiger partial charge is 0.256 e. The summed E-state index contributed by atoms with van der Waals surface area (Å²) in [7, 11) is -1.69. The lowest BCUT2D eigenvalue weighted by atomic mass is 10.1. The highest BCUT2D eigenvalue weighted by atomic mass is 32.2. The molecule has 2 aliphatic rings. The second kappa shape index (κ2) is 10.1. The van der Waals surface area contributed by atoms with E-state index in [1.165, 1.54) is 12.4 Å². The zero-order valence-corrected chi connectivity index (χ0v) is 22.0. The van der Waals surface area contributed by atoms with E-state index in [0.29, 0.717) is 67.6 Å². The van der Waals surface area contributed by atoms with Crippen LogP contribution in [0, 0.1) is 11.8 Å². The van der Waals surface area contributed by atoms with E-state index < -0.39 is 10.0 Å². The summed E-state index contributed by atoms with van der Waals surface area (Å²) in [5.74, 6) is 7.92. The van der Waals surface area contributed by atoms with Gasteiger partial charge in [-0.25, -0.2) is 28.4 Å². The van der Waals surface area contributed by atoms with Gasteiger partial charge in [-0.05, 0) is 37.7 Å². The van der Waals surface area contributed by atoms with Gasteiger partial charge in [-0.1, -0.05) is 5.92 Å². The van der Waals surface area contributed by atoms with Crippen LogP contribution in [0.15, 0.2) is 43.2 Å². The van der Waals surface area contributed by atoms with Crippen molar-refractivity contribution in [3.05, 3.63) is 54.6 Å². The molecule has 0 amide bonds. The van der Waals surface area contributed by atoms with E-state index in [1.54, 1.807) is 36.5 Å². The summed E-state index contributed by atoms with van der Waals surface area (Å²) in [6.07, 6.45) is 10.1. The van der Waals surface area contributed by atoms with Crippen LogP contribution in [0.3, 0.4) is 0 Å². The maximum absolute atomic E-state index is 12.5. The average molecular weight is 547 g/mol. The maximum Gasteiger partial charge on any atom is 0.256 e. The van der Waals surface area contributed by atoms with Crippen molar-refractivity contribution in [3.8, 4) is 23.2 Å². The number of pyridine rings is 1. The predicted octanol–water partition coefficient (Wildman–Crippen LogP) is 1.31. The van der Waals surface area contributed by atoms with Gasteiger partial charge >= 0.3 is 0 Å². The minimum absolute atomic E-state index is 0.309. The van der Waals surface area contributed by atoms with Gasteiger partial charge in [0, 0.05) is 38.6 Å². The summed E-state index contributed by atoms with van der Waals surface area (Å²) in [5, 5.41) is 21.1.